The molecular formula is C23H23F4N3O4S2. The number of nitrogens with zero attached hydrogens (tertiary/aromatic N) is 2. The van der Waals surface area contributed by atoms with Gasteiger partial charge in [-0.3, -0.25) is 14.6 Å². The number of aryl methyl sites for hydroxylation is 1. The van der Waals surface area contributed by atoms with E-state index in [1.54, 1.807) is 0 Å². The molecule has 0 bridgehead atoms. The molecule has 194 valence electrons. The number of fused-ring (bicyclic) bond motifs is 1. The Bertz CT molecular complexity index is 1340. The summed E-state index contributed by atoms with van der Waals surface area (Å²) in [5.74, 6) is -0.934. The van der Waals surface area contributed by atoms with Crippen molar-refractivity contribution in [2.24, 2.45) is 0 Å². The molecule has 0 aliphatic carbocycles. The minimum absolute atomic E-state index is 0.00783. The lowest BCUT2D eigenvalue weighted by Gasteiger charge is -2.26. The van der Waals surface area contributed by atoms with Gasteiger partial charge in [-0.15, -0.1) is 0 Å². The van der Waals surface area contributed by atoms with Gasteiger partial charge >= 0.3 is 12.1 Å². The Kier molecular flexibility index (Phi) is 8.80. The van der Waals surface area contributed by atoms with Crippen LogP contribution in [-0.4, -0.2) is 60.1 Å². The first kappa shape index (κ1) is 27.7. The van der Waals surface area contributed by atoms with Crippen molar-refractivity contribution in [3.05, 3.63) is 65.6 Å². The van der Waals surface area contributed by atoms with Crippen molar-refractivity contribution in [1.82, 2.24) is 9.88 Å². The highest BCUT2D eigenvalue weighted by molar-refractivity contribution is 7.99. The van der Waals surface area contributed by atoms with E-state index in [-0.39, 0.29) is 4.90 Å². The number of nitrogens with one attached hydrogen (secondary N) is 1. The number of alkyl halides is 3. The molecule has 0 radical (unpaired) electrons. The van der Waals surface area contributed by atoms with Gasteiger partial charge in [0.15, 0.2) is 0 Å². The number of aromatic nitrogens is 1. The standard InChI is InChI=1S/C21H22FN3O2S2.C2HF3O2/c1-15-2-3-16(14-25-6-8-28-9-7-25)10-21(15)24-29(26,27)19-12-17-11-18(22)4-5-20(17)23-13-19;3-2(4,5)1(6)7/h2-5,10-13,24H,6-9,14H2,1H3;(H,6,7). The van der Waals surface area contributed by atoms with Gasteiger partial charge in [0.05, 0.1) is 11.2 Å². The van der Waals surface area contributed by atoms with E-state index in [0.29, 0.717) is 16.6 Å². The molecule has 0 saturated carbocycles. The van der Waals surface area contributed by atoms with Crippen LogP contribution < -0.4 is 4.72 Å². The van der Waals surface area contributed by atoms with Crippen LogP contribution in [0.25, 0.3) is 10.9 Å². The fraction of sp³-hybridized carbons (Fsp3) is 0.304. The van der Waals surface area contributed by atoms with Gasteiger partial charge in [0.2, 0.25) is 0 Å². The average Bonchev–Trinajstić information content (AvgIpc) is 2.81. The van der Waals surface area contributed by atoms with Gasteiger partial charge < -0.3 is 5.11 Å². The predicted molar refractivity (Wildman–Crippen MR) is 130 cm³/mol. The highest BCUT2D eigenvalue weighted by atomic mass is 32.2. The molecule has 36 heavy (non-hydrogen) atoms. The SMILES string of the molecule is Cc1ccc(CN2CCSCC2)cc1NS(=O)(=O)c1cnc2ccc(F)cc2c1.O=C(O)C(F)(F)F. The number of carboxylic acids is 1. The van der Waals surface area contributed by atoms with E-state index in [9.17, 15) is 26.0 Å². The summed E-state index contributed by atoms with van der Waals surface area (Å²) in [5, 5.41) is 7.57. The number of rotatable bonds is 5. The summed E-state index contributed by atoms with van der Waals surface area (Å²) in [6.45, 7) is 4.75. The number of hydrogen-bond acceptors (Lipinski definition) is 6. The van der Waals surface area contributed by atoms with Crippen molar-refractivity contribution >= 4 is 44.3 Å². The Morgan fingerprint density at radius 1 is 1.14 bits per heavy atom. The second-order valence-corrected chi connectivity index (χ2v) is 10.9. The molecule has 2 N–H and O–H groups in total. The quantitative estimate of drug-likeness (QED) is 0.450. The van der Waals surface area contributed by atoms with Crippen molar-refractivity contribution < 1.29 is 35.9 Å². The molecular weight excluding hydrogens is 522 g/mol. The van der Waals surface area contributed by atoms with Crippen molar-refractivity contribution in [1.29, 1.82) is 0 Å². The van der Waals surface area contributed by atoms with Crippen LogP contribution in [0.2, 0.25) is 0 Å². The Morgan fingerprint density at radius 2 is 1.81 bits per heavy atom. The number of thioether (sulfide) groups is 1. The van der Waals surface area contributed by atoms with E-state index >= 15 is 0 Å². The molecule has 0 atom stereocenters. The molecule has 1 aliphatic heterocycles. The maximum absolute atomic E-state index is 13.5. The molecule has 4 rings (SSSR count). The fourth-order valence-corrected chi connectivity index (χ4v) is 5.41. The van der Waals surface area contributed by atoms with E-state index in [2.05, 4.69) is 14.6 Å². The molecule has 0 amide bonds. The van der Waals surface area contributed by atoms with Crippen molar-refractivity contribution in [3.63, 3.8) is 0 Å². The first-order valence-corrected chi connectivity index (χ1v) is 13.3. The fourth-order valence-electron chi connectivity index (χ4n) is 3.33. The highest BCUT2D eigenvalue weighted by Gasteiger charge is 2.38. The number of carboxylic acid groups (broad SMARTS) is 1. The molecule has 7 nitrogen and oxygen atoms in total. The molecule has 13 heteroatoms. The van der Waals surface area contributed by atoms with Gasteiger partial charge in [0, 0.05) is 42.7 Å². The number of sulfonamides is 1. The third-order valence-corrected chi connectivity index (χ3v) is 7.50. The summed E-state index contributed by atoms with van der Waals surface area (Å²) in [6.07, 6.45) is -3.78. The van der Waals surface area contributed by atoms with Crippen LogP contribution in [0.1, 0.15) is 11.1 Å². The van der Waals surface area contributed by atoms with Crippen LogP contribution in [0, 0.1) is 12.7 Å². The number of aliphatic carboxylic acids is 1. The minimum Gasteiger partial charge on any atom is -0.475 e. The van der Waals surface area contributed by atoms with Crippen molar-refractivity contribution in [2.75, 3.05) is 29.3 Å². The van der Waals surface area contributed by atoms with Gasteiger partial charge in [-0.2, -0.15) is 24.9 Å². The Hall–Kier alpha value is -2.90. The lowest BCUT2D eigenvalue weighted by molar-refractivity contribution is -0.192. The first-order valence-electron chi connectivity index (χ1n) is 10.6. The summed E-state index contributed by atoms with van der Waals surface area (Å²) in [7, 11) is -3.84. The molecule has 1 aliphatic rings. The van der Waals surface area contributed by atoms with E-state index in [1.807, 2.05) is 36.9 Å². The summed E-state index contributed by atoms with van der Waals surface area (Å²) >= 11 is 1.96. The lowest BCUT2D eigenvalue weighted by Crippen LogP contribution is -2.32. The third kappa shape index (κ3) is 7.55. The zero-order valence-electron chi connectivity index (χ0n) is 19.0. The normalized spacial score (nSPS) is 14.7. The highest BCUT2D eigenvalue weighted by Crippen LogP contribution is 2.24. The van der Waals surface area contributed by atoms with Crippen LogP contribution in [0.4, 0.5) is 23.2 Å². The van der Waals surface area contributed by atoms with E-state index in [0.717, 1.165) is 42.3 Å². The first-order chi connectivity index (χ1) is 16.8. The number of halogens is 4. The van der Waals surface area contributed by atoms with Crippen LogP contribution in [0.5, 0.6) is 0 Å². The van der Waals surface area contributed by atoms with E-state index < -0.39 is 28.0 Å². The molecule has 2 aromatic carbocycles. The zero-order valence-corrected chi connectivity index (χ0v) is 20.7. The molecule has 1 fully saturated rings. The summed E-state index contributed by atoms with van der Waals surface area (Å²) in [4.78, 5) is 15.4. The molecule has 1 saturated heterocycles. The van der Waals surface area contributed by atoms with Crippen molar-refractivity contribution in [3.8, 4) is 0 Å². The van der Waals surface area contributed by atoms with Crippen molar-refractivity contribution in [2.45, 2.75) is 24.5 Å². The number of pyridine rings is 1. The Labute approximate surface area is 209 Å². The number of benzene rings is 2. The monoisotopic (exact) mass is 545 g/mol. The molecule has 1 aromatic heterocycles. The largest absolute Gasteiger partial charge is 0.490 e. The minimum atomic E-state index is -5.08. The molecule has 3 aromatic rings. The second kappa shape index (κ2) is 11.4. The smallest absolute Gasteiger partial charge is 0.475 e. The topological polar surface area (TPSA) is 99.6 Å². The summed E-state index contributed by atoms with van der Waals surface area (Å²) in [6, 6.07) is 11.4. The van der Waals surface area contributed by atoms with E-state index in [1.165, 1.54) is 30.5 Å². The van der Waals surface area contributed by atoms with E-state index in [4.69, 9.17) is 9.90 Å². The van der Waals surface area contributed by atoms with Gasteiger partial charge in [-0.1, -0.05) is 12.1 Å². The lowest BCUT2D eigenvalue weighted by atomic mass is 10.1. The predicted octanol–water partition coefficient (Wildman–Crippen LogP) is 4.67. The van der Waals surface area contributed by atoms with Gasteiger partial charge in [-0.05, 0) is 48.4 Å². The summed E-state index contributed by atoms with van der Waals surface area (Å²) in [5.41, 5.74) is 3.00. The maximum atomic E-state index is 13.5. The van der Waals surface area contributed by atoms with Crippen LogP contribution in [0.3, 0.4) is 0 Å². The summed E-state index contributed by atoms with van der Waals surface area (Å²) < 4.78 is 73.8. The average molecular weight is 546 g/mol. The number of carbonyl (C=O) groups is 1. The van der Waals surface area contributed by atoms with Crippen LogP contribution in [0.15, 0.2) is 53.6 Å². The van der Waals surface area contributed by atoms with Crippen LogP contribution in [-0.2, 0) is 21.4 Å². The number of hydrogen-bond donors (Lipinski definition) is 2. The van der Waals surface area contributed by atoms with Gasteiger partial charge in [0.1, 0.15) is 10.7 Å². The molecule has 0 spiro atoms. The van der Waals surface area contributed by atoms with Gasteiger partial charge in [0.25, 0.3) is 10.0 Å². The molecule has 2 heterocycles. The second-order valence-electron chi connectivity index (χ2n) is 7.95. The number of anilines is 1. The van der Waals surface area contributed by atoms with Gasteiger partial charge in [-0.25, -0.2) is 17.6 Å². The van der Waals surface area contributed by atoms with Crippen LogP contribution >= 0.6 is 11.8 Å². The maximum Gasteiger partial charge on any atom is 0.490 e. The molecule has 0 unspecified atom stereocenters. The third-order valence-electron chi connectivity index (χ3n) is 5.23. The Morgan fingerprint density at radius 3 is 2.44 bits per heavy atom. The zero-order chi connectivity index (χ0) is 26.5. The Balaban J connectivity index is 0.000000454.